The summed E-state index contributed by atoms with van der Waals surface area (Å²) in [6.07, 6.45) is 3.82. The zero-order valence-electron chi connectivity index (χ0n) is 16.2. The van der Waals surface area contributed by atoms with Crippen molar-refractivity contribution in [2.24, 2.45) is 0 Å². The first-order chi connectivity index (χ1) is 12.6. The van der Waals surface area contributed by atoms with Crippen molar-refractivity contribution >= 4 is 0 Å². The topological polar surface area (TPSA) is 21.7 Å². The van der Waals surface area contributed by atoms with E-state index in [1.165, 1.54) is 36.0 Å². The molecule has 0 saturated carbocycles. The maximum atomic E-state index is 5.59. The van der Waals surface area contributed by atoms with Gasteiger partial charge in [0.2, 0.25) is 0 Å². The van der Waals surface area contributed by atoms with Crippen LogP contribution in [0.1, 0.15) is 47.8 Å². The van der Waals surface area contributed by atoms with Crippen molar-refractivity contribution in [2.45, 2.75) is 50.1 Å². The second kappa shape index (κ2) is 6.96. The molecule has 0 aliphatic carbocycles. The molecule has 2 saturated heterocycles. The molecule has 4 atom stereocenters. The van der Waals surface area contributed by atoms with Gasteiger partial charge in [0, 0.05) is 18.0 Å². The molecule has 2 aliphatic heterocycles. The highest BCUT2D eigenvalue weighted by Crippen LogP contribution is 2.51. The number of methoxy groups -OCH3 is 2. The third-order valence-corrected chi connectivity index (χ3v) is 6.57. The monoisotopic (exact) mass is 351 g/mol. The fourth-order valence-electron chi connectivity index (χ4n) is 5.14. The first kappa shape index (κ1) is 17.4. The first-order valence-electron chi connectivity index (χ1n) is 9.62. The first-order valence-corrected chi connectivity index (χ1v) is 9.62. The Morgan fingerprint density at radius 2 is 1.58 bits per heavy atom. The van der Waals surface area contributed by atoms with Gasteiger partial charge in [0.05, 0.1) is 14.2 Å². The molecule has 3 nitrogen and oxygen atoms in total. The number of fused-ring (bicyclic) bond motifs is 2. The van der Waals surface area contributed by atoms with Crippen LogP contribution in [0.5, 0.6) is 11.5 Å². The van der Waals surface area contributed by atoms with E-state index in [0.29, 0.717) is 23.9 Å². The molecule has 138 valence electrons. The summed E-state index contributed by atoms with van der Waals surface area (Å²) in [5.41, 5.74) is 4.16. The van der Waals surface area contributed by atoms with Gasteiger partial charge >= 0.3 is 0 Å². The minimum atomic E-state index is 0.487. The second-order valence-electron chi connectivity index (χ2n) is 7.86. The van der Waals surface area contributed by atoms with Gasteiger partial charge in [-0.2, -0.15) is 0 Å². The molecule has 2 aromatic rings. The number of ether oxygens (including phenoxy) is 2. The lowest BCUT2D eigenvalue weighted by atomic mass is 9.72. The van der Waals surface area contributed by atoms with Crippen LogP contribution in [-0.4, -0.2) is 38.3 Å². The Morgan fingerprint density at radius 3 is 2.27 bits per heavy atom. The quantitative estimate of drug-likeness (QED) is 0.794. The van der Waals surface area contributed by atoms with Crippen LogP contribution in [0.4, 0.5) is 0 Å². The number of rotatable bonds is 4. The molecule has 2 aromatic carbocycles. The summed E-state index contributed by atoms with van der Waals surface area (Å²) in [5.74, 6) is 2.68. The lowest BCUT2D eigenvalue weighted by molar-refractivity contribution is 0.137. The van der Waals surface area contributed by atoms with Crippen molar-refractivity contribution in [2.75, 3.05) is 21.3 Å². The molecule has 0 aromatic heterocycles. The molecule has 0 radical (unpaired) electrons. The summed E-state index contributed by atoms with van der Waals surface area (Å²) in [4.78, 5) is 2.62. The Morgan fingerprint density at radius 1 is 0.885 bits per heavy atom. The molecule has 0 amide bonds. The Kier molecular flexibility index (Phi) is 4.66. The van der Waals surface area contributed by atoms with Gasteiger partial charge in [-0.25, -0.2) is 0 Å². The van der Waals surface area contributed by atoms with Crippen molar-refractivity contribution in [1.29, 1.82) is 0 Å². The van der Waals surface area contributed by atoms with Crippen LogP contribution in [0, 0.1) is 6.92 Å². The van der Waals surface area contributed by atoms with Crippen molar-refractivity contribution < 1.29 is 9.47 Å². The smallest absolute Gasteiger partial charge is 0.160 e. The number of benzene rings is 2. The van der Waals surface area contributed by atoms with E-state index in [2.05, 4.69) is 61.3 Å². The average molecular weight is 351 g/mol. The Labute approximate surface area is 156 Å². The van der Waals surface area contributed by atoms with Crippen LogP contribution < -0.4 is 9.47 Å². The molecule has 2 fully saturated rings. The summed E-state index contributed by atoms with van der Waals surface area (Å²) < 4.78 is 11.0. The number of piperidine rings is 1. The summed E-state index contributed by atoms with van der Waals surface area (Å²) in [7, 11) is 5.72. The van der Waals surface area contributed by atoms with Gasteiger partial charge in [-0.3, -0.25) is 4.90 Å². The zero-order chi connectivity index (χ0) is 18.3. The Hall–Kier alpha value is -2.00. The van der Waals surface area contributed by atoms with Gasteiger partial charge in [0.1, 0.15) is 0 Å². The van der Waals surface area contributed by atoms with Crippen LogP contribution in [-0.2, 0) is 0 Å². The van der Waals surface area contributed by atoms with E-state index in [0.717, 1.165) is 11.5 Å². The summed E-state index contributed by atoms with van der Waals surface area (Å²) in [5, 5.41) is 0. The lowest BCUT2D eigenvalue weighted by Crippen LogP contribution is -2.44. The van der Waals surface area contributed by atoms with Gasteiger partial charge in [0.15, 0.2) is 11.5 Å². The summed E-state index contributed by atoms with van der Waals surface area (Å²) in [6.45, 7) is 2.16. The summed E-state index contributed by atoms with van der Waals surface area (Å²) in [6, 6.07) is 17.0. The predicted octanol–water partition coefficient (Wildman–Crippen LogP) is 4.75. The van der Waals surface area contributed by atoms with E-state index < -0.39 is 0 Å². The number of likely N-dealkylation sites (N-methyl/N-ethyl adjacent to an activating group) is 1. The third-order valence-electron chi connectivity index (χ3n) is 6.57. The molecular weight excluding hydrogens is 322 g/mol. The van der Waals surface area contributed by atoms with Crippen molar-refractivity contribution in [3.63, 3.8) is 0 Å². The Balaban J connectivity index is 1.77. The maximum absolute atomic E-state index is 5.59. The van der Waals surface area contributed by atoms with Crippen molar-refractivity contribution in [3.8, 4) is 11.5 Å². The molecule has 2 aliphatic rings. The van der Waals surface area contributed by atoms with E-state index >= 15 is 0 Å². The molecule has 2 heterocycles. The van der Waals surface area contributed by atoms with Crippen LogP contribution in [0.3, 0.4) is 0 Å². The zero-order valence-corrected chi connectivity index (χ0v) is 16.2. The highest BCUT2D eigenvalue weighted by Gasteiger charge is 2.46. The molecule has 0 spiro atoms. The maximum Gasteiger partial charge on any atom is 0.160 e. The standard InChI is InChI=1S/C23H29NO2/c1-15-5-7-16(8-6-15)19-14-18-10-11-20(24(18)2)23(19)17-9-12-21(25-3)22(13-17)26-4/h5-9,12-13,18-20,23H,10-11,14H2,1-4H3. The number of nitrogens with zero attached hydrogens (tertiary/aromatic N) is 1. The highest BCUT2D eigenvalue weighted by molar-refractivity contribution is 5.46. The van der Waals surface area contributed by atoms with Gasteiger partial charge in [-0.15, -0.1) is 0 Å². The van der Waals surface area contributed by atoms with E-state index in [-0.39, 0.29) is 0 Å². The third kappa shape index (κ3) is 2.88. The second-order valence-corrected chi connectivity index (χ2v) is 7.86. The Bertz CT molecular complexity index is 770. The molecule has 3 heteroatoms. The molecule has 4 rings (SSSR count). The van der Waals surface area contributed by atoms with Crippen LogP contribution in [0.2, 0.25) is 0 Å². The largest absolute Gasteiger partial charge is 0.493 e. The van der Waals surface area contributed by atoms with E-state index in [1.807, 2.05) is 0 Å². The predicted molar refractivity (Wildman–Crippen MR) is 105 cm³/mol. The number of hydrogen-bond acceptors (Lipinski definition) is 3. The minimum Gasteiger partial charge on any atom is -0.493 e. The average Bonchev–Trinajstić information content (AvgIpc) is 2.90. The van der Waals surface area contributed by atoms with E-state index in [9.17, 15) is 0 Å². The van der Waals surface area contributed by atoms with Crippen LogP contribution in [0.25, 0.3) is 0 Å². The van der Waals surface area contributed by atoms with E-state index in [4.69, 9.17) is 9.47 Å². The number of hydrogen-bond donors (Lipinski definition) is 0. The molecule has 4 unspecified atom stereocenters. The normalized spacial score (nSPS) is 28.2. The number of aryl methyl sites for hydroxylation is 1. The molecule has 2 bridgehead atoms. The molecule has 26 heavy (non-hydrogen) atoms. The van der Waals surface area contributed by atoms with Crippen LogP contribution in [0.15, 0.2) is 42.5 Å². The minimum absolute atomic E-state index is 0.487. The highest BCUT2D eigenvalue weighted by atomic mass is 16.5. The molecule has 0 N–H and O–H groups in total. The molecular formula is C23H29NO2. The fourth-order valence-corrected chi connectivity index (χ4v) is 5.14. The SMILES string of the molecule is COc1ccc(C2C(c3ccc(C)cc3)CC3CCC2N3C)cc1OC. The van der Waals surface area contributed by atoms with Gasteiger partial charge in [0.25, 0.3) is 0 Å². The van der Waals surface area contributed by atoms with Crippen molar-refractivity contribution in [1.82, 2.24) is 4.90 Å². The van der Waals surface area contributed by atoms with Crippen molar-refractivity contribution in [3.05, 3.63) is 59.2 Å². The van der Waals surface area contributed by atoms with Crippen LogP contribution >= 0.6 is 0 Å². The van der Waals surface area contributed by atoms with E-state index in [1.54, 1.807) is 14.2 Å². The fraction of sp³-hybridized carbons (Fsp3) is 0.478. The van der Waals surface area contributed by atoms with Gasteiger partial charge in [-0.1, -0.05) is 35.9 Å². The summed E-state index contributed by atoms with van der Waals surface area (Å²) >= 11 is 0. The van der Waals surface area contributed by atoms with Gasteiger partial charge < -0.3 is 9.47 Å². The van der Waals surface area contributed by atoms with Gasteiger partial charge in [-0.05, 0) is 62.4 Å². The lowest BCUT2D eigenvalue weighted by Gasteiger charge is -2.44.